The minimum atomic E-state index is -0.867. The lowest BCUT2D eigenvalue weighted by Gasteiger charge is -2.34. The molecule has 0 saturated heterocycles. The normalized spacial score (nSPS) is 20.5. The van der Waals surface area contributed by atoms with E-state index in [1.807, 2.05) is 0 Å². The quantitative estimate of drug-likeness (QED) is 0.797. The molecule has 0 atom stereocenters. The zero-order valence-corrected chi connectivity index (χ0v) is 12.2. The van der Waals surface area contributed by atoms with Crippen molar-refractivity contribution >= 4 is 18.4 Å². The Morgan fingerprint density at radius 2 is 1.82 bits per heavy atom. The molecule has 0 aliphatic heterocycles. The van der Waals surface area contributed by atoms with Crippen molar-refractivity contribution in [1.29, 1.82) is 0 Å². The molecule has 0 aromatic carbocycles. The van der Waals surface area contributed by atoms with Gasteiger partial charge in [-0.2, -0.15) is 0 Å². The zero-order chi connectivity index (χ0) is 12.4. The highest BCUT2D eigenvalue weighted by Crippen LogP contribution is 2.37. The minimum Gasteiger partial charge on any atom is -0.464 e. The summed E-state index contributed by atoms with van der Waals surface area (Å²) in [6.45, 7) is 8.50. The molecule has 17 heavy (non-hydrogen) atoms. The molecule has 0 amide bonds. The van der Waals surface area contributed by atoms with Gasteiger partial charge in [0.05, 0.1) is 6.61 Å². The Balaban J connectivity index is 0.00000256. The molecule has 1 aliphatic rings. The SMILES string of the molecule is CC1(C)CCC(COC(=O)C(C)(C)N)CC1.Cl. The highest BCUT2D eigenvalue weighted by molar-refractivity contribution is 5.85. The second-order valence-electron chi connectivity index (χ2n) is 6.43. The van der Waals surface area contributed by atoms with E-state index >= 15 is 0 Å². The van der Waals surface area contributed by atoms with Crippen LogP contribution in [0, 0.1) is 11.3 Å². The molecule has 102 valence electrons. The van der Waals surface area contributed by atoms with E-state index in [1.54, 1.807) is 13.8 Å². The van der Waals surface area contributed by atoms with Gasteiger partial charge in [-0.3, -0.25) is 4.79 Å². The first-order valence-electron chi connectivity index (χ1n) is 6.17. The van der Waals surface area contributed by atoms with Gasteiger partial charge in [0.1, 0.15) is 5.54 Å². The number of rotatable bonds is 3. The third kappa shape index (κ3) is 5.73. The fourth-order valence-electron chi connectivity index (χ4n) is 2.01. The van der Waals surface area contributed by atoms with Gasteiger partial charge >= 0.3 is 5.97 Å². The summed E-state index contributed by atoms with van der Waals surface area (Å²) in [5.41, 5.74) is 5.26. The lowest BCUT2D eigenvalue weighted by molar-refractivity contribution is -0.150. The van der Waals surface area contributed by atoms with Crippen molar-refractivity contribution in [3.05, 3.63) is 0 Å². The van der Waals surface area contributed by atoms with Gasteiger partial charge in [-0.05, 0) is 50.9 Å². The average molecular weight is 264 g/mol. The fraction of sp³-hybridized carbons (Fsp3) is 0.923. The lowest BCUT2D eigenvalue weighted by Crippen LogP contribution is -2.43. The molecule has 1 fully saturated rings. The summed E-state index contributed by atoms with van der Waals surface area (Å²) < 4.78 is 5.25. The molecule has 1 rings (SSSR count). The van der Waals surface area contributed by atoms with E-state index in [9.17, 15) is 4.79 Å². The van der Waals surface area contributed by atoms with Crippen LogP contribution in [-0.4, -0.2) is 18.1 Å². The van der Waals surface area contributed by atoms with E-state index in [0.717, 1.165) is 12.8 Å². The van der Waals surface area contributed by atoms with Crippen LogP contribution in [0.1, 0.15) is 53.4 Å². The Morgan fingerprint density at radius 1 is 1.35 bits per heavy atom. The first-order chi connectivity index (χ1) is 7.21. The van der Waals surface area contributed by atoms with E-state index in [0.29, 0.717) is 17.9 Å². The predicted octanol–water partition coefficient (Wildman–Crippen LogP) is 2.91. The molecule has 0 unspecified atom stereocenters. The summed E-state index contributed by atoms with van der Waals surface area (Å²) in [5.74, 6) is 0.233. The van der Waals surface area contributed by atoms with Crippen molar-refractivity contribution in [3.8, 4) is 0 Å². The van der Waals surface area contributed by atoms with Crippen LogP contribution in [0.5, 0.6) is 0 Å². The number of hydrogen-bond donors (Lipinski definition) is 1. The molecule has 2 N–H and O–H groups in total. The maximum absolute atomic E-state index is 11.5. The van der Waals surface area contributed by atoms with Crippen LogP contribution >= 0.6 is 12.4 Å². The Kier molecular flexibility index (Phi) is 5.95. The molecule has 1 saturated carbocycles. The van der Waals surface area contributed by atoms with Gasteiger partial charge in [0, 0.05) is 0 Å². The van der Waals surface area contributed by atoms with Crippen molar-refractivity contribution < 1.29 is 9.53 Å². The second kappa shape index (κ2) is 6.05. The zero-order valence-electron chi connectivity index (χ0n) is 11.4. The molecule has 0 spiro atoms. The predicted molar refractivity (Wildman–Crippen MR) is 72.2 cm³/mol. The van der Waals surface area contributed by atoms with Crippen LogP contribution in [0.25, 0.3) is 0 Å². The highest BCUT2D eigenvalue weighted by Gasteiger charge is 2.29. The van der Waals surface area contributed by atoms with Gasteiger partial charge in [0.25, 0.3) is 0 Å². The van der Waals surface area contributed by atoms with E-state index in [4.69, 9.17) is 10.5 Å². The number of hydrogen-bond acceptors (Lipinski definition) is 3. The van der Waals surface area contributed by atoms with Crippen molar-refractivity contribution in [2.45, 2.75) is 58.9 Å². The van der Waals surface area contributed by atoms with Gasteiger partial charge in [0.15, 0.2) is 0 Å². The third-order valence-corrected chi connectivity index (χ3v) is 3.43. The van der Waals surface area contributed by atoms with Crippen LogP contribution in [0.4, 0.5) is 0 Å². The van der Waals surface area contributed by atoms with Crippen molar-refractivity contribution in [2.24, 2.45) is 17.1 Å². The first-order valence-corrected chi connectivity index (χ1v) is 6.17. The van der Waals surface area contributed by atoms with E-state index in [-0.39, 0.29) is 18.4 Å². The number of ether oxygens (including phenoxy) is 1. The molecule has 0 bridgehead atoms. The van der Waals surface area contributed by atoms with Crippen LogP contribution in [0.15, 0.2) is 0 Å². The Morgan fingerprint density at radius 3 is 2.24 bits per heavy atom. The third-order valence-electron chi connectivity index (χ3n) is 3.43. The van der Waals surface area contributed by atoms with Crippen molar-refractivity contribution in [2.75, 3.05) is 6.61 Å². The molecule has 0 aromatic rings. The Bertz CT molecular complexity index is 249. The standard InChI is InChI=1S/C13H25NO2.ClH/c1-12(2)7-5-10(6-8-12)9-16-11(15)13(3,4)14;/h10H,5-9,14H2,1-4H3;1H. The number of carbonyl (C=O) groups excluding carboxylic acids is 1. The molecular formula is C13H26ClNO2. The number of carbonyl (C=O) groups is 1. The summed E-state index contributed by atoms with van der Waals surface area (Å²) in [6, 6.07) is 0. The van der Waals surface area contributed by atoms with Gasteiger partial charge in [0.2, 0.25) is 0 Å². The molecule has 3 nitrogen and oxygen atoms in total. The van der Waals surface area contributed by atoms with E-state index < -0.39 is 5.54 Å². The summed E-state index contributed by atoms with van der Waals surface area (Å²) in [7, 11) is 0. The fourth-order valence-corrected chi connectivity index (χ4v) is 2.01. The average Bonchev–Trinajstić information content (AvgIpc) is 2.14. The molecular weight excluding hydrogens is 238 g/mol. The van der Waals surface area contributed by atoms with Gasteiger partial charge in [-0.25, -0.2) is 0 Å². The first kappa shape index (κ1) is 16.7. The minimum absolute atomic E-state index is 0. The Hall–Kier alpha value is -0.280. The summed E-state index contributed by atoms with van der Waals surface area (Å²) in [5, 5.41) is 0. The number of halogens is 1. The molecule has 0 radical (unpaired) electrons. The maximum Gasteiger partial charge on any atom is 0.325 e. The van der Waals surface area contributed by atoms with E-state index in [1.165, 1.54) is 12.8 Å². The topological polar surface area (TPSA) is 52.3 Å². The Labute approximate surface area is 111 Å². The van der Waals surface area contributed by atoms with Crippen LogP contribution in [0.2, 0.25) is 0 Å². The molecule has 0 heterocycles. The lowest BCUT2D eigenvalue weighted by atomic mass is 9.73. The number of nitrogens with two attached hydrogens (primary N) is 1. The summed E-state index contributed by atoms with van der Waals surface area (Å²) in [6.07, 6.45) is 4.76. The van der Waals surface area contributed by atoms with E-state index in [2.05, 4.69) is 13.8 Å². The molecule has 1 aliphatic carbocycles. The maximum atomic E-state index is 11.5. The molecule has 4 heteroatoms. The van der Waals surface area contributed by atoms with Crippen molar-refractivity contribution in [1.82, 2.24) is 0 Å². The van der Waals surface area contributed by atoms with Crippen molar-refractivity contribution in [3.63, 3.8) is 0 Å². The number of esters is 1. The summed E-state index contributed by atoms with van der Waals surface area (Å²) >= 11 is 0. The summed E-state index contributed by atoms with van der Waals surface area (Å²) in [4.78, 5) is 11.5. The second-order valence-corrected chi connectivity index (χ2v) is 6.43. The largest absolute Gasteiger partial charge is 0.464 e. The van der Waals surface area contributed by atoms with Gasteiger partial charge < -0.3 is 10.5 Å². The van der Waals surface area contributed by atoms with Crippen LogP contribution in [-0.2, 0) is 9.53 Å². The smallest absolute Gasteiger partial charge is 0.325 e. The van der Waals surface area contributed by atoms with Crippen LogP contribution < -0.4 is 5.73 Å². The highest BCUT2D eigenvalue weighted by atomic mass is 35.5. The van der Waals surface area contributed by atoms with Gasteiger partial charge in [-0.15, -0.1) is 12.4 Å². The van der Waals surface area contributed by atoms with Crippen LogP contribution in [0.3, 0.4) is 0 Å². The van der Waals surface area contributed by atoms with Gasteiger partial charge in [-0.1, -0.05) is 13.8 Å². The molecule has 0 aromatic heterocycles. The monoisotopic (exact) mass is 263 g/mol.